The van der Waals surface area contributed by atoms with E-state index in [1.54, 1.807) is 0 Å². The van der Waals surface area contributed by atoms with Crippen LogP contribution in [0.5, 0.6) is 0 Å². The third-order valence-electron chi connectivity index (χ3n) is 0. The summed E-state index contributed by atoms with van der Waals surface area (Å²) in [5.41, 5.74) is 0. The van der Waals surface area contributed by atoms with E-state index in [1.807, 2.05) is 0 Å². The van der Waals surface area contributed by atoms with E-state index in [-0.39, 0.29) is 106 Å². The first-order chi connectivity index (χ1) is 2.00. The van der Waals surface area contributed by atoms with Crippen LogP contribution in [-0.4, -0.2) is 110 Å². The molecule has 9 heavy (non-hydrogen) atoms. The van der Waals surface area contributed by atoms with Gasteiger partial charge < -0.3 is 5.48 Å². The van der Waals surface area contributed by atoms with Crippen molar-refractivity contribution in [3.63, 3.8) is 0 Å². The van der Waals surface area contributed by atoms with Crippen LogP contribution in [0.4, 0.5) is 0 Å². The molecule has 0 aromatic heterocycles. The molecule has 9 heteroatoms. The summed E-state index contributed by atoms with van der Waals surface area (Å²) < 4.78 is 31.6. The van der Waals surface area contributed by atoms with Gasteiger partial charge in [0.1, 0.15) is 0 Å². The van der Waals surface area contributed by atoms with Crippen molar-refractivity contribution in [1.82, 2.24) is 0 Å². The van der Waals surface area contributed by atoms with Gasteiger partial charge in [0.25, 0.3) is 0 Å². The second-order valence-electron chi connectivity index (χ2n) is 0.448. The fraction of sp³-hybridized carbons (Fsp3) is 0. The number of hydrogen-bond acceptors (Lipinski definition) is 2. The van der Waals surface area contributed by atoms with Gasteiger partial charge in [0, 0.05) is 0 Å². The zero-order valence-corrected chi connectivity index (χ0v) is 4.94. The molecule has 0 aromatic carbocycles. The molecular formula is H10BaCaO5S2. The fourth-order valence-corrected chi connectivity index (χ4v) is 0. The molecule has 0 saturated carbocycles. The van der Waals surface area contributed by atoms with Gasteiger partial charge in [-0.25, -0.2) is 0 Å². The monoisotopic (exact) mass is 332 g/mol. The van der Waals surface area contributed by atoms with Crippen molar-refractivity contribution < 1.29 is 23.0 Å². The summed E-state index contributed by atoms with van der Waals surface area (Å²) in [6.45, 7) is 0. The Morgan fingerprint density at radius 2 is 1.11 bits per heavy atom. The van der Waals surface area contributed by atoms with Crippen molar-refractivity contribution in [3.8, 4) is 0 Å². The summed E-state index contributed by atoms with van der Waals surface area (Å²) in [7, 11) is -4.67. The topological polar surface area (TPSA) is 106 Å². The molecule has 0 aliphatic carbocycles. The van der Waals surface area contributed by atoms with Crippen LogP contribution in [0.15, 0.2) is 0 Å². The van der Waals surface area contributed by atoms with Gasteiger partial charge in [-0.3, -0.25) is 9.11 Å². The minimum absolute atomic E-state index is 0. The van der Waals surface area contributed by atoms with E-state index in [0.717, 1.165) is 0 Å². The maximum atomic E-state index is 8.74. The Morgan fingerprint density at radius 1 is 1.11 bits per heavy atom. The van der Waals surface area contributed by atoms with E-state index in [0.29, 0.717) is 0 Å². The van der Waals surface area contributed by atoms with Gasteiger partial charge in [0.15, 0.2) is 0 Å². The fourth-order valence-electron chi connectivity index (χ4n) is 0. The van der Waals surface area contributed by atoms with E-state index < -0.39 is 10.4 Å². The molecule has 0 radical (unpaired) electrons. The molecule has 0 saturated heterocycles. The van der Waals surface area contributed by atoms with Gasteiger partial charge in [-0.2, -0.15) is 21.9 Å². The molecular weight excluding hydrogens is 322 g/mol. The summed E-state index contributed by atoms with van der Waals surface area (Å²) in [6.07, 6.45) is 0. The molecule has 0 bridgehead atoms. The second-order valence-corrected chi connectivity index (χ2v) is 1.34. The van der Waals surface area contributed by atoms with E-state index in [4.69, 9.17) is 17.5 Å². The summed E-state index contributed by atoms with van der Waals surface area (Å²) in [5.74, 6) is 0. The SMILES string of the molecule is O.O=S(=O)(O)O.S.[BaH2].[CaH2]. The van der Waals surface area contributed by atoms with Gasteiger partial charge >= 0.3 is 97.0 Å². The molecule has 0 amide bonds. The van der Waals surface area contributed by atoms with Gasteiger partial charge in [0.05, 0.1) is 0 Å². The standard InChI is InChI=1S/Ba.Ca.H2O4S.H2O.H2S.4H/c;;1-5(2,3)4;;;;;;/h;;(H2,1,2,3,4);2*1H2;;;;. The van der Waals surface area contributed by atoms with E-state index in [2.05, 4.69) is 0 Å². The molecule has 0 aromatic rings. The Balaban J connectivity index is -0.0000000133. The van der Waals surface area contributed by atoms with Crippen molar-refractivity contribution in [2.45, 2.75) is 0 Å². The average molecular weight is 332 g/mol. The van der Waals surface area contributed by atoms with Crippen molar-refractivity contribution in [2.24, 2.45) is 0 Å². The predicted molar refractivity (Wildman–Crippen MR) is 45.3 cm³/mol. The summed E-state index contributed by atoms with van der Waals surface area (Å²) in [4.78, 5) is 0. The van der Waals surface area contributed by atoms with Crippen LogP contribution < -0.4 is 0 Å². The van der Waals surface area contributed by atoms with E-state index in [1.165, 1.54) is 0 Å². The van der Waals surface area contributed by atoms with Crippen molar-refractivity contribution in [1.29, 1.82) is 0 Å². The predicted octanol–water partition coefficient (Wildman–Crippen LogP) is -3.20. The van der Waals surface area contributed by atoms with Crippen molar-refractivity contribution in [2.75, 3.05) is 0 Å². The van der Waals surface area contributed by atoms with Crippen molar-refractivity contribution >= 4 is 111 Å². The third kappa shape index (κ3) is 98.6. The average Bonchev–Trinajstić information content (AvgIpc) is 0.722. The Kier molecular flexibility index (Phi) is 44.7. The van der Waals surface area contributed by atoms with Crippen LogP contribution >= 0.6 is 13.5 Å². The third-order valence-corrected chi connectivity index (χ3v) is 0. The normalized spacial score (nSPS) is 6.44. The van der Waals surface area contributed by atoms with Crippen LogP contribution in [0.3, 0.4) is 0 Å². The second kappa shape index (κ2) is 13.6. The summed E-state index contributed by atoms with van der Waals surface area (Å²) in [5, 5.41) is 0. The summed E-state index contributed by atoms with van der Waals surface area (Å²) >= 11 is 0. The zero-order chi connectivity index (χ0) is 4.50. The van der Waals surface area contributed by atoms with Gasteiger partial charge in [0.2, 0.25) is 0 Å². The molecule has 0 heterocycles. The number of hydrogen-bond donors (Lipinski definition) is 2. The van der Waals surface area contributed by atoms with Crippen LogP contribution in [-0.2, 0) is 10.4 Å². The molecule has 0 fully saturated rings. The van der Waals surface area contributed by atoms with Crippen molar-refractivity contribution in [3.05, 3.63) is 0 Å². The Bertz CT molecular complexity index is 98.1. The van der Waals surface area contributed by atoms with E-state index >= 15 is 0 Å². The van der Waals surface area contributed by atoms with Crippen LogP contribution in [0.2, 0.25) is 0 Å². The molecule has 0 atom stereocenters. The minimum atomic E-state index is -4.67. The molecule has 5 nitrogen and oxygen atoms in total. The Labute approximate surface area is 130 Å². The molecule has 0 aliphatic rings. The maximum absolute atomic E-state index is 8.74. The van der Waals surface area contributed by atoms with E-state index in [9.17, 15) is 0 Å². The first-order valence-electron chi connectivity index (χ1n) is 0.698. The van der Waals surface area contributed by atoms with Crippen LogP contribution in [0.25, 0.3) is 0 Å². The molecule has 0 aliphatic heterocycles. The molecule has 0 rings (SSSR count). The van der Waals surface area contributed by atoms with Crippen LogP contribution in [0.1, 0.15) is 0 Å². The molecule has 0 unspecified atom stereocenters. The first-order valence-corrected chi connectivity index (χ1v) is 2.10. The first kappa shape index (κ1) is 29.6. The number of rotatable bonds is 0. The quantitative estimate of drug-likeness (QED) is 0.360. The zero-order valence-electron chi connectivity index (χ0n) is 3.12. The molecule has 56 valence electrons. The van der Waals surface area contributed by atoms with Gasteiger partial charge in [-0.15, -0.1) is 0 Å². The molecule has 4 N–H and O–H groups in total. The Hall–Kier alpha value is 3.01. The summed E-state index contributed by atoms with van der Waals surface area (Å²) in [6, 6.07) is 0. The van der Waals surface area contributed by atoms with Gasteiger partial charge in [-0.05, 0) is 0 Å². The molecule has 0 spiro atoms. The van der Waals surface area contributed by atoms with Crippen LogP contribution in [0, 0.1) is 0 Å². The van der Waals surface area contributed by atoms with Gasteiger partial charge in [-0.1, -0.05) is 0 Å². The Morgan fingerprint density at radius 3 is 1.11 bits per heavy atom.